The van der Waals surface area contributed by atoms with Crippen molar-refractivity contribution < 1.29 is 9.47 Å². The van der Waals surface area contributed by atoms with Gasteiger partial charge in [-0.2, -0.15) is 9.97 Å². The van der Waals surface area contributed by atoms with E-state index >= 15 is 0 Å². The molecule has 1 aliphatic heterocycles. The maximum atomic E-state index is 5.27. The van der Waals surface area contributed by atoms with Crippen LogP contribution in [0, 0.1) is 0 Å². The standard InChI is InChI=1S/C8H11N3O2/c1(2-7-4-13-7)3-12-8-10-5-9-6-11-8/h5-7H,1-4H2. The third-order valence-corrected chi connectivity index (χ3v) is 1.77. The maximum absolute atomic E-state index is 5.27. The van der Waals surface area contributed by atoms with Crippen LogP contribution in [0.4, 0.5) is 0 Å². The van der Waals surface area contributed by atoms with E-state index in [4.69, 9.17) is 9.47 Å². The fourth-order valence-corrected chi connectivity index (χ4v) is 1.01. The minimum atomic E-state index is 0.395. The van der Waals surface area contributed by atoms with Crippen molar-refractivity contribution in [2.24, 2.45) is 0 Å². The van der Waals surface area contributed by atoms with E-state index in [9.17, 15) is 0 Å². The topological polar surface area (TPSA) is 60.4 Å². The lowest BCUT2D eigenvalue weighted by molar-refractivity contribution is 0.273. The molecule has 70 valence electrons. The summed E-state index contributed by atoms with van der Waals surface area (Å²) >= 11 is 0. The zero-order valence-corrected chi connectivity index (χ0v) is 7.22. The van der Waals surface area contributed by atoms with Gasteiger partial charge in [0.2, 0.25) is 0 Å². The van der Waals surface area contributed by atoms with Gasteiger partial charge in [0.1, 0.15) is 12.7 Å². The maximum Gasteiger partial charge on any atom is 0.319 e. The molecule has 0 saturated carbocycles. The molecule has 1 aromatic heterocycles. The molecule has 2 heterocycles. The second-order valence-electron chi connectivity index (χ2n) is 2.87. The molecule has 1 atom stereocenters. The van der Waals surface area contributed by atoms with Crippen LogP contribution in [0.25, 0.3) is 0 Å². The molecule has 0 spiro atoms. The Labute approximate surface area is 76.1 Å². The zero-order valence-electron chi connectivity index (χ0n) is 7.22. The lowest BCUT2D eigenvalue weighted by Gasteiger charge is -2.01. The molecule has 0 N–H and O–H groups in total. The molecule has 13 heavy (non-hydrogen) atoms. The molecule has 1 fully saturated rings. The largest absolute Gasteiger partial charge is 0.463 e. The van der Waals surface area contributed by atoms with Crippen LogP contribution in [0.15, 0.2) is 12.7 Å². The van der Waals surface area contributed by atoms with Crippen LogP contribution in [0.2, 0.25) is 0 Å². The highest BCUT2D eigenvalue weighted by molar-refractivity contribution is 4.86. The molecule has 5 nitrogen and oxygen atoms in total. The first-order valence-electron chi connectivity index (χ1n) is 4.31. The van der Waals surface area contributed by atoms with E-state index in [1.165, 1.54) is 12.7 Å². The molecular weight excluding hydrogens is 170 g/mol. The van der Waals surface area contributed by atoms with Crippen LogP contribution in [0.5, 0.6) is 6.01 Å². The molecule has 0 aromatic carbocycles. The molecular formula is C8H11N3O2. The Balaban J connectivity index is 1.61. The average Bonchev–Trinajstić information content (AvgIpc) is 2.98. The van der Waals surface area contributed by atoms with Gasteiger partial charge < -0.3 is 9.47 Å². The molecule has 1 aromatic rings. The quantitative estimate of drug-likeness (QED) is 0.487. The van der Waals surface area contributed by atoms with Gasteiger partial charge in [0, 0.05) is 0 Å². The first-order chi connectivity index (χ1) is 6.45. The van der Waals surface area contributed by atoms with Gasteiger partial charge in [-0.05, 0) is 12.8 Å². The van der Waals surface area contributed by atoms with Crippen LogP contribution in [-0.4, -0.2) is 34.3 Å². The van der Waals surface area contributed by atoms with Crippen molar-refractivity contribution in [2.75, 3.05) is 13.2 Å². The molecule has 0 aliphatic carbocycles. The van der Waals surface area contributed by atoms with Gasteiger partial charge in [-0.3, -0.25) is 0 Å². The predicted octanol–water partition coefficient (Wildman–Crippen LogP) is 0.429. The van der Waals surface area contributed by atoms with Crippen molar-refractivity contribution in [3.63, 3.8) is 0 Å². The van der Waals surface area contributed by atoms with E-state index < -0.39 is 0 Å². The summed E-state index contributed by atoms with van der Waals surface area (Å²) in [6.45, 7) is 1.55. The van der Waals surface area contributed by atoms with Crippen LogP contribution >= 0.6 is 0 Å². The van der Waals surface area contributed by atoms with Gasteiger partial charge in [0.15, 0.2) is 0 Å². The Morgan fingerprint density at radius 3 is 2.92 bits per heavy atom. The van der Waals surface area contributed by atoms with Crippen molar-refractivity contribution >= 4 is 0 Å². The summed E-state index contributed by atoms with van der Waals surface area (Å²) in [6, 6.07) is 0.395. The van der Waals surface area contributed by atoms with Crippen molar-refractivity contribution in [1.82, 2.24) is 15.0 Å². The van der Waals surface area contributed by atoms with Gasteiger partial charge in [-0.25, -0.2) is 4.98 Å². The van der Waals surface area contributed by atoms with Crippen LogP contribution in [0.1, 0.15) is 12.8 Å². The second-order valence-corrected chi connectivity index (χ2v) is 2.87. The van der Waals surface area contributed by atoms with Crippen molar-refractivity contribution in [3.05, 3.63) is 12.7 Å². The Bertz CT molecular complexity index is 251. The van der Waals surface area contributed by atoms with Crippen LogP contribution in [0.3, 0.4) is 0 Å². The summed E-state index contributed by atoms with van der Waals surface area (Å²) in [5.41, 5.74) is 0. The minimum Gasteiger partial charge on any atom is -0.463 e. The number of rotatable bonds is 5. The molecule has 1 saturated heterocycles. The number of hydrogen-bond acceptors (Lipinski definition) is 5. The monoisotopic (exact) mass is 181 g/mol. The third kappa shape index (κ3) is 2.95. The lowest BCUT2D eigenvalue weighted by Crippen LogP contribution is -2.02. The average molecular weight is 181 g/mol. The Hall–Kier alpha value is -1.23. The summed E-state index contributed by atoms with van der Waals surface area (Å²) in [5.74, 6) is 0. The Morgan fingerprint density at radius 1 is 1.46 bits per heavy atom. The van der Waals surface area contributed by atoms with Crippen LogP contribution in [-0.2, 0) is 4.74 Å². The zero-order chi connectivity index (χ0) is 8.93. The van der Waals surface area contributed by atoms with Gasteiger partial charge >= 0.3 is 6.01 Å². The second kappa shape index (κ2) is 4.13. The third-order valence-electron chi connectivity index (χ3n) is 1.77. The summed E-state index contributed by atoms with van der Waals surface area (Å²) in [6.07, 6.45) is 5.36. The predicted molar refractivity (Wildman–Crippen MR) is 44.3 cm³/mol. The highest BCUT2D eigenvalue weighted by Crippen LogP contribution is 2.15. The Morgan fingerprint density at radius 2 is 2.23 bits per heavy atom. The molecule has 1 aliphatic rings. The molecule has 0 radical (unpaired) electrons. The van der Waals surface area contributed by atoms with Crippen molar-refractivity contribution in [2.45, 2.75) is 18.9 Å². The highest BCUT2D eigenvalue weighted by atomic mass is 16.6. The summed E-state index contributed by atoms with van der Waals surface area (Å²) in [7, 11) is 0. The van der Waals surface area contributed by atoms with E-state index in [1.807, 2.05) is 0 Å². The first kappa shape index (κ1) is 8.37. The van der Waals surface area contributed by atoms with Crippen molar-refractivity contribution in [3.8, 4) is 6.01 Å². The normalized spacial score (nSPS) is 19.8. The number of ether oxygens (including phenoxy) is 2. The number of hydrogen-bond donors (Lipinski definition) is 0. The fourth-order valence-electron chi connectivity index (χ4n) is 1.01. The summed E-state index contributed by atoms with van der Waals surface area (Å²) in [4.78, 5) is 11.4. The minimum absolute atomic E-state index is 0.395. The van der Waals surface area contributed by atoms with E-state index in [-0.39, 0.29) is 0 Å². The smallest absolute Gasteiger partial charge is 0.319 e. The van der Waals surface area contributed by atoms with Gasteiger partial charge in [0.05, 0.1) is 19.3 Å². The van der Waals surface area contributed by atoms with E-state index in [2.05, 4.69) is 15.0 Å². The molecule has 0 amide bonds. The molecule has 5 heteroatoms. The number of aromatic nitrogens is 3. The van der Waals surface area contributed by atoms with Crippen LogP contribution < -0.4 is 4.74 Å². The summed E-state index contributed by atoms with van der Waals surface area (Å²) < 4.78 is 10.3. The first-order valence-corrected chi connectivity index (χ1v) is 4.31. The van der Waals surface area contributed by atoms with Gasteiger partial charge in [-0.1, -0.05) is 0 Å². The number of epoxide rings is 1. The lowest BCUT2D eigenvalue weighted by atomic mass is 10.3. The van der Waals surface area contributed by atoms with Crippen molar-refractivity contribution in [1.29, 1.82) is 0 Å². The van der Waals surface area contributed by atoms with E-state index in [1.54, 1.807) is 0 Å². The summed E-state index contributed by atoms with van der Waals surface area (Å²) in [5, 5.41) is 0. The SMILES string of the molecule is c1ncnc(OCCCC2CO2)n1. The highest BCUT2D eigenvalue weighted by Gasteiger charge is 2.21. The molecule has 1 unspecified atom stereocenters. The number of nitrogens with zero attached hydrogens (tertiary/aromatic N) is 3. The Kier molecular flexibility index (Phi) is 2.66. The fraction of sp³-hybridized carbons (Fsp3) is 0.625. The van der Waals surface area contributed by atoms with Gasteiger partial charge in [0.25, 0.3) is 0 Å². The van der Waals surface area contributed by atoms with E-state index in [0.29, 0.717) is 18.7 Å². The molecule has 0 bridgehead atoms. The van der Waals surface area contributed by atoms with E-state index in [0.717, 1.165) is 19.4 Å². The molecule has 2 rings (SSSR count). The van der Waals surface area contributed by atoms with Gasteiger partial charge in [-0.15, -0.1) is 0 Å².